The number of carbonyl (C=O) groups is 3. The number of ether oxygens (including phenoxy) is 2. The molecule has 2 amide bonds. The lowest BCUT2D eigenvalue weighted by molar-refractivity contribution is -0.116. The molecule has 0 saturated heterocycles. The van der Waals surface area contributed by atoms with E-state index in [2.05, 4.69) is 17.6 Å². The second-order valence-corrected chi connectivity index (χ2v) is 8.57. The lowest BCUT2D eigenvalue weighted by Crippen LogP contribution is -2.27. The number of unbranched alkanes of at least 4 members (excludes halogenated alkanes) is 6. The third kappa shape index (κ3) is 12.0. The summed E-state index contributed by atoms with van der Waals surface area (Å²) in [6.45, 7) is 9.41. The fraction of sp³-hybridized carbons (Fsp3) is 0.625. The molecule has 0 atom stereocenters. The van der Waals surface area contributed by atoms with Crippen LogP contribution in [0.25, 0.3) is 0 Å². The van der Waals surface area contributed by atoms with Gasteiger partial charge in [0.25, 0.3) is 0 Å². The predicted octanol–water partition coefficient (Wildman–Crippen LogP) is 6.29. The molecule has 0 fully saturated rings. The van der Waals surface area contributed by atoms with E-state index in [-0.39, 0.29) is 18.1 Å². The molecule has 0 bridgehead atoms. The van der Waals surface area contributed by atoms with Crippen LogP contribution in [0.4, 0.5) is 16.2 Å². The molecule has 2 N–H and O–H groups in total. The average molecular weight is 435 g/mol. The Bertz CT molecular complexity index is 725. The van der Waals surface area contributed by atoms with Crippen molar-refractivity contribution in [3.8, 4) is 0 Å². The molecule has 1 rings (SSSR count). The van der Waals surface area contributed by atoms with Crippen LogP contribution in [0.15, 0.2) is 18.2 Å². The third-order valence-corrected chi connectivity index (χ3v) is 4.38. The van der Waals surface area contributed by atoms with Gasteiger partial charge < -0.3 is 14.8 Å². The lowest BCUT2D eigenvalue weighted by Gasteiger charge is -2.20. The van der Waals surface area contributed by atoms with E-state index >= 15 is 0 Å². The predicted molar refractivity (Wildman–Crippen MR) is 123 cm³/mol. The highest BCUT2D eigenvalue weighted by Gasteiger charge is 2.18. The summed E-state index contributed by atoms with van der Waals surface area (Å²) < 4.78 is 10.3. The summed E-state index contributed by atoms with van der Waals surface area (Å²) in [7, 11) is 0. The van der Waals surface area contributed by atoms with E-state index in [1.807, 2.05) is 0 Å². The smallest absolute Gasteiger partial charge is 0.412 e. The van der Waals surface area contributed by atoms with Crippen LogP contribution in [0, 0.1) is 0 Å². The number of amides is 2. The van der Waals surface area contributed by atoms with Gasteiger partial charge in [0.15, 0.2) is 0 Å². The summed E-state index contributed by atoms with van der Waals surface area (Å²) in [5, 5.41) is 5.42. The zero-order valence-electron chi connectivity index (χ0n) is 19.6. The van der Waals surface area contributed by atoms with E-state index in [9.17, 15) is 14.4 Å². The molecule has 0 unspecified atom stereocenters. The van der Waals surface area contributed by atoms with Gasteiger partial charge in [0.05, 0.1) is 12.2 Å². The van der Waals surface area contributed by atoms with Crippen LogP contribution in [0.1, 0.15) is 96.3 Å². The molecule has 1 aromatic rings. The van der Waals surface area contributed by atoms with E-state index in [1.54, 1.807) is 39.8 Å². The van der Waals surface area contributed by atoms with Crippen molar-refractivity contribution in [1.29, 1.82) is 0 Å². The van der Waals surface area contributed by atoms with Gasteiger partial charge in [-0.3, -0.25) is 10.1 Å². The van der Waals surface area contributed by atoms with Crippen molar-refractivity contribution in [2.45, 2.75) is 91.6 Å². The maximum absolute atomic E-state index is 12.3. The molecule has 7 nitrogen and oxygen atoms in total. The van der Waals surface area contributed by atoms with Crippen LogP contribution in [0.5, 0.6) is 0 Å². The number of nitrogens with one attached hydrogen (secondary N) is 2. The molecule has 0 heterocycles. The molecule has 0 spiro atoms. The quantitative estimate of drug-likeness (QED) is 0.298. The summed E-state index contributed by atoms with van der Waals surface area (Å²) in [5.74, 6) is -0.657. The second-order valence-electron chi connectivity index (χ2n) is 8.57. The highest BCUT2D eigenvalue weighted by molar-refractivity contribution is 5.97. The van der Waals surface area contributed by atoms with Crippen molar-refractivity contribution in [1.82, 2.24) is 0 Å². The van der Waals surface area contributed by atoms with Gasteiger partial charge in [0.2, 0.25) is 5.91 Å². The van der Waals surface area contributed by atoms with Gasteiger partial charge in [-0.1, -0.05) is 45.4 Å². The summed E-state index contributed by atoms with van der Waals surface area (Å²) in [6.07, 6.45) is 7.67. The molecule has 31 heavy (non-hydrogen) atoms. The molecule has 0 saturated carbocycles. The SMILES string of the molecule is CCCCCCCCCC(=O)Nc1cc(NC(=O)OC(C)(C)C)cc(C(=O)OCC)c1. The Morgan fingerprint density at radius 2 is 1.42 bits per heavy atom. The van der Waals surface area contributed by atoms with Gasteiger partial charge in [0.1, 0.15) is 5.60 Å². The normalized spacial score (nSPS) is 11.0. The molecule has 174 valence electrons. The maximum Gasteiger partial charge on any atom is 0.412 e. The minimum absolute atomic E-state index is 0.127. The topological polar surface area (TPSA) is 93.7 Å². The molecule has 0 aliphatic heterocycles. The van der Waals surface area contributed by atoms with Crippen molar-refractivity contribution in [3.05, 3.63) is 23.8 Å². The largest absolute Gasteiger partial charge is 0.462 e. The number of benzene rings is 1. The first-order chi connectivity index (χ1) is 14.6. The molecule has 0 radical (unpaired) electrons. The standard InChI is InChI=1S/C24H38N2O5/c1-6-8-9-10-11-12-13-14-21(27)25-19-15-18(22(28)30-7-2)16-20(17-19)26-23(29)31-24(3,4)5/h15-17H,6-14H2,1-5H3,(H,25,27)(H,26,29). The number of anilines is 2. The highest BCUT2D eigenvalue weighted by atomic mass is 16.6. The van der Waals surface area contributed by atoms with E-state index in [0.717, 1.165) is 19.3 Å². The zero-order chi connectivity index (χ0) is 23.3. The Kier molecular flexibility index (Phi) is 11.7. The van der Waals surface area contributed by atoms with Crippen LogP contribution in [-0.2, 0) is 14.3 Å². The van der Waals surface area contributed by atoms with Crippen LogP contribution in [0.3, 0.4) is 0 Å². The van der Waals surface area contributed by atoms with Crippen LogP contribution >= 0.6 is 0 Å². The lowest BCUT2D eigenvalue weighted by atomic mass is 10.1. The number of hydrogen-bond acceptors (Lipinski definition) is 5. The van der Waals surface area contributed by atoms with Gasteiger partial charge in [0, 0.05) is 17.8 Å². The number of hydrogen-bond donors (Lipinski definition) is 2. The van der Waals surface area contributed by atoms with Crippen LogP contribution in [0.2, 0.25) is 0 Å². The monoisotopic (exact) mass is 434 g/mol. The first-order valence-electron chi connectivity index (χ1n) is 11.3. The van der Waals surface area contributed by atoms with E-state index in [0.29, 0.717) is 17.8 Å². The summed E-state index contributed by atoms with van der Waals surface area (Å²) in [5.41, 5.74) is 0.341. The molecule has 0 aromatic heterocycles. The van der Waals surface area contributed by atoms with Crippen LogP contribution < -0.4 is 10.6 Å². The van der Waals surface area contributed by atoms with Crippen molar-refractivity contribution >= 4 is 29.3 Å². The minimum Gasteiger partial charge on any atom is -0.462 e. The number of carbonyl (C=O) groups excluding carboxylic acids is 3. The molecule has 7 heteroatoms. The van der Waals surface area contributed by atoms with E-state index in [4.69, 9.17) is 9.47 Å². The van der Waals surface area contributed by atoms with Gasteiger partial charge in [-0.05, 0) is 52.3 Å². The summed E-state index contributed by atoms with van der Waals surface area (Å²) in [4.78, 5) is 36.6. The first kappa shape index (κ1) is 26.5. The average Bonchev–Trinajstić information content (AvgIpc) is 2.65. The molecule has 1 aromatic carbocycles. The minimum atomic E-state index is -0.656. The Morgan fingerprint density at radius 1 is 0.839 bits per heavy atom. The second kappa shape index (κ2) is 13.7. The van der Waals surface area contributed by atoms with Gasteiger partial charge in [-0.15, -0.1) is 0 Å². The zero-order valence-corrected chi connectivity index (χ0v) is 19.6. The van der Waals surface area contributed by atoms with Crippen molar-refractivity contribution in [3.63, 3.8) is 0 Å². The first-order valence-corrected chi connectivity index (χ1v) is 11.3. The number of esters is 1. The van der Waals surface area contributed by atoms with Crippen molar-refractivity contribution in [2.24, 2.45) is 0 Å². The molecular weight excluding hydrogens is 396 g/mol. The molecular formula is C24H38N2O5. The highest BCUT2D eigenvalue weighted by Crippen LogP contribution is 2.22. The fourth-order valence-electron chi connectivity index (χ4n) is 2.99. The molecule has 0 aliphatic carbocycles. The van der Waals surface area contributed by atoms with Gasteiger partial charge in [-0.2, -0.15) is 0 Å². The summed E-state index contributed by atoms with van der Waals surface area (Å²) >= 11 is 0. The maximum atomic E-state index is 12.3. The van der Waals surface area contributed by atoms with Gasteiger partial charge >= 0.3 is 12.1 Å². The van der Waals surface area contributed by atoms with Crippen molar-refractivity contribution in [2.75, 3.05) is 17.2 Å². The van der Waals surface area contributed by atoms with E-state index < -0.39 is 17.7 Å². The Hall–Kier alpha value is -2.57. The fourth-order valence-corrected chi connectivity index (χ4v) is 2.99. The Balaban J connectivity index is 2.74. The van der Waals surface area contributed by atoms with E-state index in [1.165, 1.54) is 31.7 Å². The van der Waals surface area contributed by atoms with Crippen molar-refractivity contribution < 1.29 is 23.9 Å². The number of rotatable bonds is 12. The third-order valence-electron chi connectivity index (χ3n) is 4.38. The van der Waals surface area contributed by atoms with Gasteiger partial charge in [-0.25, -0.2) is 9.59 Å². The Labute approximate surface area is 186 Å². The Morgan fingerprint density at radius 3 is 2.00 bits per heavy atom. The summed E-state index contributed by atoms with van der Waals surface area (Å²) in [6, 6.07) is 4.63. The van der Waals surface area contributed by atoms with Crippen LogP contribution in [-0.4, -0.2) is 30.2 Å². The molecule has 0 aliphatic rings.